The van der Waals surface area contributed by atoms with Crippen molar-refractivity contribution in [2.24, 2.45) is 10.9 Å². The summed E-state index contributed by atoms with van der Waals surface area (Å²) in [5, 5.41) is 14.4. The van der Waals surface area contributed by atoms with Gasteiger partial charge in [0.1, 0.15) is 0 Å². The number of amides is 1. The fraction of sp³-hybridized carbons (Fsp3) is 0.462. The average Bonchev–Trinajstić information content (AvgIpc) is 2.49. The molecule has 1 aliphatic heterocycles. The lowest BCUT2D eigenvalue weighted by atomic mass is 10.0. The third kappa shape index (κ3) is 4.32. The van der Waals surface area contributed by atoms with Crippen LogP contribution in [0.2, 0.25) is 0 Å². The van der Waals surface area contributed by atoms with Crippen molar-refractivity contribution in [3.8, 4) is 0 Å². The molecule has 114 valence electrons. The van der Waals surface area contributed by atoms with Crippen molar-refractivity contribution in [3.63, 3.8) is 0 Å². The second kappa shape index (κ2) is 6.89. The van der Waals surface area contributed by atoms with E-state index in [0.717, 1.165) is 25.9 Å². The second-order valence-electron chi connectivity index (χ2n) is 5.06. The third-order valence-electron chi connectivity index (χ3n) is 3.48. The Bertz CT molecular complexity index is 555. The van der Waals surface area contributed by atoms with Gasteiger partial charge in [-0.25, -0.2) is 0 Å². The summed E-state index contributed by atoms with van der Waals surface area (Å²) in [6, 6.07) is 2.92. The van der Waals surface area contributed by atoms with Crippen molar-refractivity contribution >= 4 is 11.7 Å². The maximum atomic E-state index is 12.0. The van der Waals surface area contributed by atoms with Crippen molar-refractivity contribution in [2.75, 3.05) is 19.6 Å². The van der Waals surface area contributed by atoms with Gasteiger partial charge >= 0.3 is 0 Å². The Kier molecular flexibility index (Phi) is 4.94. The number of oxime groups is 1. The number of amidine groups is 1. The summed E-state index contributed by atoms with van der Waals surface area (Å²) in [5.41, 5.74) is 5.67. The van der Waals surface area contributed by atoms with Crippen LogP contribution >= 0.6 is 0 Å². The van der Waals surface area contributed by atoms with Gasteiger partial charge in [-0.1, -0.05) is 5.16 Å². The van der Waals surface area contributed by atoms with Gasteiger partial charge in [0.2, 0.25) is 5.56 Å². The lowest BCUT2D eigenvalue weighted by molar-refractivity contribution is 0.0914. The Balaban J connectivity index is 1.82. The summed E-state index contributed by atoms with van der Waals surface area (Å²) in [6.07, 6.45) is 3.01. The van der Waals surface area contributed by atoms with E-state index in [2.05, 4.69) is 20.4 Å². The first-order valence-corrected chi connectivity index (χ1v) is 6.77. The normalized spacial score (nSPS) is 17.6. The van der Waals surface area contributed by atoms with Crippen LogP contribution in [0.1, 0.15) is 23.2 Å². The number of nitrogens with zero attached hydrogens (tertiary/aromatic N) is 2. The maximum Gasteiger partial charge on any atom is 0.252 e. The third-order valence-corrected chi connectivity index (χ3v) is 3.48. The molecule has 8 heteroatoms. The first-order chi connectivity index (χ1) is 10.1. The van der Waals surface area contributed by atoms with Gasteiger partial charge in [-0.05, 0) is 18.9 Å². The van der Waals surface area contributed by atoms with Crippen LogP contribution < -0.4 is 16.6 Å². The molecule has 0 radical (unpaired) electrons. The fourth-order valence-electron chi connectivity index (χ4n) is 2.32. The molecular weight excluding hydrogens is 274 g/mol. The van der Waals surface area contributed by atoms with Crippen LogP contribution in [0.3, 0.4) is 0 Å². The second-order valence-corrected chi connectivity index (χ2v) is 5.06. The van der Waals surface area contributed by atoms with Crippen molar-refractivity contribution in [3.05, 3.63) is 34.2 Å². The Hall–Kier alpha value is -2.35. The van der Waals surface area contributed by atoms with Crippen LogP contribution in [0.5, 0.6) is 0 Å². The van der Waals surface area contributed by atoms with Crippen LogP contribution in [0, 0.1) is 0 Å². The van der Waals surface area contributed by atoms with Gasteiger partial charge in [0, 0.05) is 31.4 Å². The first-order valence-electron chi connectivity index (χ1n) is 6.77. The molecule has 0 aliphatic carbocycles. The lowest BCUT2D eigenvalue weighted by Crippen LogP contribution is -2.46. The van der Waals surface area contributed by atoms with E-state index >= 15 is 0 Å². The van der Waals surface area contributed by atoms with E-state index in [4.69, 9.17) is 10.9 Å². The molecule has 0 atom stereocenters. The Morgan fingerprint density at radius 2 is 2.19 bits per heavy atom. The topological polar surface area (TPSA) is 124 Å². The van der Waals surface area contributed by atoms with E-state index in [1.165, 1.54) is 18.3 Å². The Morgan fingerprint density at radius 1 is 1.48 bits per heavy atom. The predicted molar refractivity (Wildman–Crippen MR) is 77.4 cm³/mol. The molecule has 1 amide bonds. The van der Waals surface area contributed by atoms with E-state index in [0.29, 0.717) is 12.1 Å². The number of carbonyl (C=O) groups excluding carboxylic acids is 1. The number of piperidine rings is 1. The molecule has 1 aliphatic rings. The number of H-pyrrole nitrogens is 1. The average molecular weight is 293 g/mol. The minimum atomic E-state index is -0.233. The molecule has 1 aromatic heterocycles. The number of hydrogen-bond donors (Lipinski definition) is 4. The van der Waals surface area contributed by atoms with Gasteiger partial charge in [-0.15, -0.1) is 0 Å². The van der Waals surface area contributed by atoms with E-state index in [1.807, 2.05) is 0 Å². The summed E-state index contributed by atoms with van der Waals surface area (Å²) in [7, 11) is 0. The monoisotopic (exact) mass is 293 g/mol. The summed E-state index contributed by atoms with van der Waals surface area (Å²) in [4.78, 5) is 27.5. The van der Waals surface area contributed by atoms with E-state index < -0.39 is 0 Å². The molecule has 0 saturated carbocycles. The molecule has 0 aromatic carbocycles. The van der Waals surface area contributed by atoms with Crippen LogP contribution in [0.25, 0.3) is 0 Å². The number of hydrogen-bond acceptors (Lipinski definition) is 5. The molecule has 1 saturated heterocycles. The van der Waals surface area contributed by atoms with Crippen molar-refractivity contribution in [1.29, 1.82) is 0 Å². The number of aromatic amines is 1. The smallest absolute Gasteiger partial charge is 0.252 e. The van der Waals surface area contributed by atoms with Gasteiger partial charge < -0.3 is 21.2 Å². The highest BCUT2D eigenvalue weighted by Crippen LogP contribution is 2.10. The quantitative estimate of drug-likeness (QED) is 0.253. The zero-order valence-corrected chi connectivity index (χ0v) is 11.6. The van der Waals surface area contributed by atoms with E-state index in [-0.39, 0.29) is 23.3 Å². The largest absolute Gasteiger partial charge is 0.409 e. The van der Waals surface area contributed by atoms with Crippen LogP contribution in [-0.4, -0.2) is 52.5 Å². The molecule has 8 nitrogen and oxygen atoms in total. The molecule has 0 bridgehead atoms. The van der Waals surface area contributed by atoms with Gasteiger partial charge in [0.15, 0.2) is 5.84 Å². The van der Waals surface area contributed by atoms with Gasteiger partial charge in [0.25, 0.3) is 5.91 Å². The SMILES string of the molecule is N/C(CN1CCC(NC(=O)c2ccc(=O)[nH]c2)CC1)=N/O. The van der Waals surface area contributed by atoms with E-state index in [9.17, 15) is 9.59 Å². The number of nitrogens with two attached hydrogens (primary N) is 1. The lowest BCUT2D eigenvalue weighted by Gasteiger charge is -2.31. The van der Waals surface area contributed by atoms with E-state index in [1.54, 1.807) is 0 Å². The minimum Gasteiger partial charge on any atom is -0.409 e. The van der Waals surface area contributed by atoms with Gasteiger partial charge in [-0.2, -0.15) is 0 Å². The maximum absolute atomic E-state index is 12.0. The fourth-order valence-corrected chi connectivity index (χ4v) is 2.32. The zero-order chi connectivity index (χ0) is 15.2. The standard InChI is InChI=1S/C13H19N5O3/c14-11(17-21)8-18-5-3-10(4-6-18)16-13(20)9-1-2-12(19)15-7-9/h1-2,7,10,21H,3-6,8H2,(H2,14,17)(H,15,19)(H,16,20). The first kappa shape index (κ1) is 15.0. The van der Waals surface area contributed by atoms with Crippen LogP contribution in [-0.2, 0) is 0 Å². The van der Waals surface area contributed by atoms with Crippen molar-refractivity contribution in [2.45, 2.75) is 18.9 Å². The van der Waals surface area contributed by atoms with Crippen molar-refractivity contribution in [1.82, 2.24) is 15.2 Å². The van der Waals surface area contributed by atoms with Crippen molar-refractivity contribution < 1.29 is 10.0 Å². The highest BCUT2D eigenvalue weighted by Gasteiger charge is 2.21. The Labute approximate surface area is 121 Å². The summed E-state index contributed by atoms with van der Waals surface area (Å²) in [6.45, 7) is 1.97. The zero-order valence-electron chi connectivity index (χ0n) is 11.6. The summed E-state index contributed by atoms with van der Waals surface area (Å²) < 4.78 is 0. The molecule has 1 fully saturated rings. The number of aromatic nitrogens is 1. The predicted octanol–water partition coefficient (Wildman–Crippen LogP) is -0.684. The number of rotatable bonds is 4. The molecule has 2 heterocycles. The highest BCUT2D eigenvalue weighted by atomic mass is 16.4. The van der Waals surface area contributed by atoms with Crippen LogP contribution in [0.4, 0.5) is 0 Å². The Morgan fingerprint density at radius 3 is 2.76 bits per heavy atom. The number of carbonyl (C=O) groups is 1. The van der Waals surface area contributed by atoms with Gasteiger partial charge in [-0.3, -0.25) is 14.5 Å². The molecule has 0 unspecified atom stereocenters. The number of likely N-dealkylation sites (tertiary alicyclic amines) is 1. The summed E-state index contributed by atoms with van der Waals surface area (Å²) in [5.74, 6) is -0.00754. The molecule has 2 rings (SSSR count). The summed E-state index contributed by atoms with van der Waals surface area (Å²) >= 11 is 0. The number of nitrogens with one attached hydrogen (secondary N) is 2. The molecule has 21 heavy (non-hydrogen) atoms. The molecule has 0 spiro atoms. The minimum absolute atomic E-state index is 0.0907. The molecule has 5 N–H and O–H groups in total. The number of pyridine rings is 1. The molecular formula is C13H19N5O3. The van der Waals surface area contributed by atoms with Gasteiger partial charge in [0.05, 0.1) is 12.1 Å². The molecule has 1 aromatic rings. The highest BCUT2D eigenvalue weighted by molar-refractivity contribution is 5.94. The van der Waals surface area contributed by atoms with Crippen LogP contribution in [0.15, 0.2) is 28.3 Å².